The van der Waals surface area contributed by atoms with E-state index in [1.54, 1.807) is 0 Å². The van der Waals surface area contributed by atoms with Gasteiger partial charge >= 0.3 is 0 Å². The highest BCUT2D eigenvalue weighted by Crippen LogP contribution is 2.05. The lowest BCUT2D eigenvalue weighted by molar-refractivity contribution is 0.000188. The summed E-state index contributed by atoms with van der Waals surface area (Å²) >= 11 is 0. The van der Waals surface area contributed by atoms with Crippen molar-refractivity contribution in [3.8, 4) is 0 Å². The molecule has 1 rings (SSSR count). The van der Waals surface area contributed by atoms with Crippen LogP contribution in [0.25, 0.3) is 0 Å². The molecule has 3 nitrogen and oxygen atoms in total. The molecular weight excluding hydrogens is 212 g/mol. The summed E-state index contributed by atoms with van der Waals surface area (Å²) in [5, 5.41) is 3.63. The van der Waals surface area contributed by atoms with Crippen LogP contribution in [-0.2, 0) is 4.74 Å². The Kier molecular flexibility index (Phi) is 7.82. The van der Waals surface area contributed by atoms with Gasteiger partial charge in [0.25, 0.3) is 0 Å². The molecule has 0 aromatic rings. The first kappa shape index (κ1) is 14.9. The van der Waals surface area contributed by atoms with Crippen LogP contribution in [0.1, 0.15) is 46.5 Å². The first-order chi connectivity index (χ1) is 8.24. The van der Waals surface area contributed by atoms with Crippen LogP contribution < -0.4 is 5.32 Å². The zero-order valence-corrected chi connectivity index (χ0v) is 11.9. The first-order valence-corrected chi connectivity index (χ1v) is 7.29. The summed E-state index contributed by atoms with van der Waals surface area (Å²) in [6.45, 7) is 12.0. The summed E-state index contributed by atoms with van der Waals surface area (Å²) in [6, 6.07) is 1.25. The van der Waals surface area contributed by atoms with Crippen LogP contribution in [-0.4, -0.2) is 49.8 Å². The third-order valence-corrected chi connectivity index (χ3v) is 3.64. The lowest BCUT2D eigenvalue weighted by Crippen LogP contribution is -2.47. The van der Waals surface area contributed by atoms with Gasteiger partial charge in [-0.1, -0.05) is 26.2 Å². The molecule has 3 heteroatoms. The highest BCUT2D eigenvalue weighted by atomic mass is 16.5. The molecule has 0 aromatic heterocycles. The summed E-state index contributed by atoms with van der Waals surface area (Å²) in [5.74, 6) is 0. The lowest BCUT2D eigenvalue weighted by atomic mass is 10.1. The van der Waals surface area contributed by atoms with Crippen molar-refractivity contribution in [2.75, 3.05) is 32.8 Å². The number of hydrogen-bond donors (Lipinski definition) is 1. The lowest BCUT2D eigenvalue weighted by Gasteiger charge is -2.33. The molecule has 1 aliphatic heterocycles. The van der Waals surface area contributed by atoms with Crippen molar-refractivity contribution >= 4 is 0 Å². The van der Waals surface area contributed by atoms with Crippen molar-refractivity contribution in [1.82, 2.24) is 10.2 Å². The van der Waals surface area contributed by atoms with Crippen molar-refractivity contribution in [1.29, 1.82) is 0 Å². The average Bonchev–Trinajstić information content (AvgIpc) is 2.32. The Labute approximate surface area is 107 Å². The maximum absolute atomic E-state index is 5.44. The molecule has 0 radical (unpaired) electrons. The Morgan fingerprint density at radius 1 is 1.41 bits per heavy atom. The van der Waals surface area contributed by atoms with E-state index in [0.29, 0.717) is 12.1 Å². The van der Waals surface area contributed by atoms with Gasteiger partial charge in [-0.15, -0.1) is 0 Å². The van der Waals surface area contributed by atoms with Crippen molar-refractivity contribution in [3.63, 3.8) is 0 Å². The Balaban J connectivity index is 2.01. The molecule has 2 unspecified atom stereocenters. The van der Waals surface area contributed by atoms with Crippen molar-refractivity contribution in [2.45, 2.75) is 58.5 Å². The summed E-state index contributed by atoms with van der Waals surface area (Å²) in [7, 11) is 0. The molecule has 17 heavy (non-hydrogen) atoms. The fraction of sp³-hybridized carbons (Fsp3) is 1.00. The van der Waals surface area contributed by atoms with Crippen LogP contribution in [0.5, 0.6) is 0 Å². The number of unbranched alkanes of at least 4 members (excludes halogenated alkanes) is 2. The molecule has 1 heterocycles. The molecule has 0 aromatic carbocycles. The topological polar surface area (TPSA) is 24.5 Å². The van der Waals surface area contributed by atoms with Gasteiger partial charge in [0.15, 0.2) is 0 Å². The summed E-state index contributed by atoms with van der Waals surface area (Å²) in [5.41, 5.74) is 0. The van der Waals surface area contributed by atoms with E-state index in [9.17, 15) is 0 Å². The van der Waals surface area contributed by atoms with Crippen LogP contribution >= 0.6 is 0 Å². The Morgan fingerprint density at radius 3 is 2.94 bits per heavy atom. The molecule has 2 atom stereocenters. The minimum absolute atomic E-state index is 0.584. The molecule has 1 fully saturated rings. The Morgan fingerprint density at radius 2 is 2.24 bits per heavy atom. The number of ether oxygens (including phenoxy) is 1. The largest absolute Gasteiger partial charge is 0.379 e. The van der Waals surface area contributed by atoms with E-state index in [-0.39, 0.29) is 0 Å². The summed E-state index contributed by atoms with van der Waals surface area (Å²) < 4.78 is 5.44. The van der Waals surface area contributed by atoms with E-state index in [2.05, 4.69) is 31.0 Å². The SMILES string of the molecule is CCCCCC(C)NCCN1CCOCC1C. The third kappa shape index (κ3) is 6.39. The fourth-order valence-corrected chi connectivity index (χ4v) is 2.35. The van der Waals surface area contributed by atoms with Crippen LogP contribution in [0.4, 0.5) is 0 Å². The number of rotatable bonds is 8. The number of nitrogens with one attached hydrogen (secondary N) is 1. The zero-order chi connectivity index (χ0) is 12.5. The molecule has 102 valence electrons. The van der Waals surface area contributed by atoms with Gasteiger partial charge in [0.1, 0.15) is 0 Å². The van der Waals surface area contributed by atoms with Gasteiger partial charge in [-0.3, -0.25) is 4.90 Å². The van der Waals surface area contributed by atoms with Crippen LogP contribution in [0.3, 0.4) is 0 Å². The van der Waals surface area contributed by atoms with E-state index in [1.807, 2.05) is 0 Å². The van der Waals surface area contributed by atoms with Crippen LogP contribution in [0.15, 0.2) is 0 Å². The second kappa shape index (κ2) is 8.90. The van der Waals surface area contributed by atoms with Gasteiger partial charge in [-0.2, -0.15) is 0 Å². The maximum atomic E-state index is 5.44. The molecular formula is C14H30N2O. The molecule has 1 aliphatic rings. The van der Waals surface area contributed by atoms with Crippen LogP contribution in [0.2, 0.25) is 0 Å². The van der Waals surface area contributed by atoms with Crippen molar-refractivity contribution in [3.05, 3.63) is 0 Å². The quantitative estimate of drug-likeness (QED) is 0.661. The highest BCUT2D eigenvalue weighted by Gasteiger charge is 2.17. The zero-order valence-electron chi connectivity index (χ0n) is 11.9. The predicted octanol–water partition coefficient (Wildman–Crippen LogP) is 2.27. The molecule has 1 N–H and O–H groups in total. The van der Waals surface area contributed by atoms with E-state index >= 15 is 0 Å². The van der Waals surface area contributed by atoms with E-state index in [1.165, 1.54) is 25.7 Å². The van der Waals surface area contributed by atoms with Crippen molar-refractivity contribution in [2.24, 2.45) is 0 Å². The second-order valence-corrected chi connectivity index (χ2v) is 5.31. The number of hydrogen-bond acceptors (Lipinski definition) is 3. The molecule has 0 spiro atoms. The van der Waals surface area contributed by atoms with Crippen molar-refractivity contribution < 1.29 is 4.74 Å². The maximum Gasteiger partial charge on any atom is 0.0619 e. The molecule has 1 saturated heterocycles. The van der Waals surface area contributed by atoms with Gasteiger partial charge in [0, 0.05) is 31.7 Å². The second-order valence-electron chi connectivity index (χ2n) is 5.31. The monoisotopic (exact) mass is 242 g/mol. The summed E-state index contributed by atoms with van der Waals surface area (Å²) in [6.07, 6.45) is 5.36. The van der Waals surface area contributed by atoms with Gasteiger partial charge in [-0.25, -0.2) is 0 Å². The third-order valence-electron chi connectivity index (χ3n) is 3.64. The van der Waals surface area contributed by atoms with Gasteiger partial charge in [-0.05, 0) is 20.3 Å². The van der Waals surface area contributed by atoms with E-state index in [0.717, 1.165) is 32.8 Å². The first-order valence-electron chi connectivity index (χ1n) is 7.29. The van der Waals surface area contributed by atoms with Gasteiger partial charge < -0.3 is 10.1 Å². The fourth-order valence-electron chi connectivity index (χ4n) is 2.35. The van der Waals surface area contributed by atoms with Crippen LogP contribution in [0, 0.1) is 0 Å². The Bertz CT molecular complexity index is 187. The minimum atomic E-state index is 0.584. The molecule has 0 aliphatic carbocycles. The van der Waals surface area contributed by atoms with E-state index in [4.69, 9.17) is 4.74 Å². The smallest absolute Gasteiger partial charge is 0.0619 e. The number of morpholine rings is 1. The predicted molar refractivity (Wildman–Crippen MR) is 73.5 cm³/mol. The standard InChI is InChI=1S/C14H30N2O/c1-4-5-6-7-13(2)15-8-9-16-10-11-17-12-14(16)3/h13-15H,4-12H2,1-3H3. The molecule has 0 bridgehead atoms. The Hall–Kier alpha value is -0.120. The number of nitrogens with zero attached hydrogens (tertiary/aromatic N) is 1. The van der Waals surface area contributed by atoms with Gasteiger partial charge in [0.05, 0.1) is 13.2 Å². The average molecular weight is 242 g/mol. The minimum Gasteiger partial charge on any atom is -0.379 e. The van der Waals surface area contributed by atoms with Gasteiger partial charge in [0.2, 0.25) is 0 Å². The summed E-state index contributed by atoms with van der Waals surface area (Å²) in [4.78, 5) is 2.52. The van der Waals surface area contributed by atoms with E-state index < -0.39 is 0 Å². The highest BCUT2D eigenvalue weighted by molar-refractivity contribution is 4.72. The normalized spacial score (nSPS) is 23.8. The molecule has 0 amide bonds. The molecule has 0 saturated carbocycles.